The summed E-state index contributed by atoms with van der Waals surface area (Å²) in [5, 5.41) is 11.2. The van der Waals surface area contributed by atoms with Gasteiger partial charge >= 0.3 is 0 Å². The number of oxime groups is 1. The minimum atomic E-state index is 0. The molecule has 0 aliphatic carbocycles. The molecule has 0 amide bonds. The highest BCUT2D eigenvalue weighted by atomic mass is 35.5. The first-order chi connectivity index (χ1) is 8.38. The van der Waals surface area contributed by atoms with Crippen LogP contribution in [0.5, 0.6) is 0 Å². The van der Waals surface area contributed by atoms with Crippen molar-refractivity contribution < 1.29 is 5.21 Å². The van der Waals surface area contributed by atoms with Crippen LogP contribution in [0.15, 0.2) is 42.1 Å². The molecule has 0 fully saturated rings. The second-order valence-corrected chi connectivity index (χ2v) is 3.56. The average Bonchev–Trinajstić information content (AvgIpc) is 2.40. The van der Waals surface area contributed by atoms with E-state index in [2.05, 4.69) is 20.1 Å². The Kier molecular flexibility index (Phi) is 5.73. The second-order valence-electron chi connectivity index (χ2n) is 3.56. The summed E-state index contributed by atoms with van der Waals surface area (Å²) in [7, 11) is 0. The van der Waals surface area contributed by atoms with Crippen LogP contribution in [0.2, 0.25) is 0 Å². The summed E-state index contributed by atoms with van der Waals surface area (Å²) in [4.78, 5) is 12.1. The maximum Gasteiger partial charge on any atom is 0.173 e. The van der Waals surface area contributed by atoms with Gasteiger partial charge in [-0.3, -0.25) is 4.98 Å². The number of rotatable bonds is 4. The molecule has 6 heteroatoms. The van der Waals surface area contributed by atoms with Crippen LogP contribution in [0.4, 0.5) is 0 Å². The van der Waals surface area contributed by atoms with Crippen molar-refractivity contribution >= 4 is 18.6 Å². The summed E-state index contributed by atoms with van der Waals surface area (Å²) >= 11 is 0. The summed E-state index contributed by atoms with van der Waals surface area (Å²) in [6, 6.07) is 3.97. The quantitative estimate of drug-likeness (QED) is 0.520. The van der Waals surface area contributed by atoms with Crippen molar-refractivity contribution in [2.75, 3.05) is 0 Å². The summed E-state index contributed by atoms with van der Waals surface area (Å²) in [5.74, 6) is 0.401. The Balaban J connectivity index is 0.00000162. The van der Waals surface area contributed by atoms with E-state index in [9.17, 15) is 0 Å². The third-order valence-electron chi connectivity index (χ3n) is 2.32. The second kappa shape index (κ2) is 7.34. The Labute approximate surface area is 111 Å². The first kappa shape index (κ1) is 14.1. The zero-order valence-corrected chi connectivity index (χ0v) is 10.4. The van der Waals surface area contributed by atoms with E-state index in [-0.39, 0.29) is 12.4 Å². The van der Waals surface area contributed by atoms with Gasteiger partial charge in [0, 0.05) is 24.8 Å². The number of aromatic nitrogens is 3. The van der Waals surface area contributed by atoms with Crippen LogP contribution in [0, 0.1) is 0 Å². The highest BCUT2D eigenvalue weighted by Gasteiger charge is 1.97. The molecule has 2 aromatic heterocycles. The molecule has 0 aliphatic rings. The van der Waals surface area contributed by atoms with Gasteiger partial charge in [0.2, 0.25) is 0 Å². The molecule has 0 saturated heterocycles. The highest BCUT2D eigenvalue weighted by molar-refractivity contribution is 5.85. The highest BCUT2D eigenvalue weighted by Crippen LogP contribution is 2.04. The molecule has 1 N–H and O–H groups in total. The van der Waals surface area contributed by atoms with E-state index < -0.39 is 0 Å². The monoisotopic (exact) mass is 264 g/mol. The fraction of sp³-hybridized carbons (Fsp3) is 0.167. The van der Waals surface area contributed by atoms with Crippen molar-refractivity contribution in [1.29, 1.82) is 0 Å². The molecule has 0 bridgehead atoms. The molecule has 2 rings (SSSR count). The van der Waals surface area contributed by atoms with E-state index in [1.54, 1.807) is 18.6 Å². The van der Waals surface area contributed by atoms with Crippen LogP contribution in [-0.2, 0) is 12.8 Å². The third-order valence-corrected chi connectivity index (χ3v) is 2.32. The smallest absolute Gasteiger partial charge is 0.173 e. The van der Waals surface area contributed by atoms with Crippen LogP contribution in [0.3, 0.4) is 0 Å². The van der Waals surface area contributed by atoms with Crippen LogP contribution < -0.4 is 0 Å². The number of hydrogen-bond acceptors (Lipinski definition) is 5. The first-order valence-corrected chi connectivity index (χ1v) is 5.26. The Morgan fingerprint density at radius 3 is 2.44 bits per heavy atom. The Hall–Kier alpha value is -2.01. The van der Waals surface area contributed by atoms with E-state index in [0.29, 0.717) is 5.82 Å². The number of nitrogens with zero attached hydrogens (tertiary/aromatic N) is 4. The lowest BCUT2D eigenvalue weighted by Crippen LogP contribution is -1.97. The van der Waals surface area contributed by atoms with E-state index in [4.69, 9.17) is 5.21 Å². The molecule has 0 spiro atoms. The minimum absolute atomic E-state index is 0. The van der Waals surface area contributed by atoms with Gasteiger partial charge in [-0.15, -0.1) is 12.4 Å². The lowest BCUT2D eigenvalue weighted by Gasteiger charge is -2.00. The summed E-state index contributed by atoms with van der Waals surface area (Å²) in [6.07, 6.45) is 10.1. The fourth-order valence-corrected chi connectivity index (χ4v) is 1.45. The topological polar surface area (TPSA) is 71.3 Å². The van der Waals surface area contributed by atoms with Crippen molar-refractivity contribution in [3.8, 4) is 0 Å². The number of pyridine rings is 1. The maximum atomic E-state index is 8.32. The van der Waals surface area contributed by atoms with Gasteiger partial charge in [0.25, 0.3) is 0 Å². The molecule has 94 valence electrons. The molecule has 0 saturated carbocycles. The Morgan fingerprint density at radius 1 is 1.11 bits per heavy atom. The third kappa shape index (κ3) is 4.10. The van der Waals surface area contributed by atoms with Crippen molar-refractivity contribution in [3.05, 3.63) is 53.9 Å². The van der Waals surface area contributed by atoms with Crippen LogP contribution in [0.1, 0.15) is 17.0 Å². The molecule has 5 nitrogen and oxygen atoms in total. The fourth-order valence-electron chi connectivity index (χ4n) is 1.45. The van der Waals surface area contributed by atoms with E-state index in [1.807, 2.05) is 18.3 Å². The van der Waals surface area contributed by atoms with Gasteiger partial charge in [0.1, 0.15) is 6.21 Å². The standard InChI is InChI=1S/C12H12N4O.ClH/c17-16-9-12-14-7-11(8-15-12)4-3-10-2-1-5-13-6-10;/h1-2,5-9,17H,3-4H2;1H. The van der Waals surface area contributed by atoms with Crippen molar-refractivity contribution in [1.82, 2.24) is 15.0 Å². The molecule has 2 aromatic rings. The number of halogens is 1. The van der Waals surface area contributed by atoms with Crippen LogP contribution in [0.25, 0.3) is 0 Å². The number of hydrogen-bond donors (Lipinski definition) is 1. The predicted molar refractivity (Wildman–Crippen MR) is 70.3 cm³/mol. The molecule has 0 aliphatic heterocycles. The summed E-state index contributed by atoms with van der Waals surface area (Å²) < 4.78 is 0. The summed E-state index contributed by atoms with van der Waals surface area (Å²) in [5.41, 5.74) is 2.23. The molecular weight excluding hydrogens is 252 g/mol. The van der Waals surface area contributed by atoms with Gasteiger partial charge in [-0.05, 0) is 30.0 Å². The van der Waals surface area contributed by atoms with E-state index >= 15 is 0 Å². The molecule has 2 heterocycles. The molecule has 0 atom stereocenters. The van der Waals surface area contributed by atoms with Gasteiger partial charge in [-0.2, -0.15) is 0 Å². The minimum Gasteiger partial charge on any atom is -0.411 e. The van der Waals surface area contributed by atoms with Crippen molar-refractivity contribution in [2.24, 2.45) is 5.16 Å². The lowest BCUT2D eigenvalue weighted by molar-refractivity contribution is 0.321. The maximum absolute atomic E-state index is 8.32. The molecular formula is C12H13ClN4O. The zero-order chi connectivity index (χ0) is 11.9. The molecule has 0 radical (unpaired) electrons. The Morgan fingerprint density at radius 2 is 1.83 bits per heavy atom. The van der Waals surface area contributed by atoms with Gasteiger partial charge in [-0.1, -0.05) is 11.2 Å². The summed E-state index contributed by atoms with van der Waals surface area (Å²) in [6.45, 7) is 0. The Bertz CT molecular complexity index is 487. The normalized spacial score (nSPS) is 10.2. The van der Waals surface area contributed by atoms with Crippen molar-refractivity contribution in [2.45, 2.75) is 12.8 Å². The molecule has 0 unspecified atom stereocenters. The molecule has 0 aromatic carbocycles. The van der Waals surface area contributed by atoms with Gasteiger partial charge in [0.05, 0.1) is 0 Å². The predicted octanol–water partition coefficient (Wildman–Crippen LogP) is 1.89. The zero-order valence-electron chi connectivity index (χ0n) is 9.60. The SMILES string of the molecule is Cl.ON=Cc1ncc(CCc2cccnc2)cn1. The van der Waals surface area contributed by atoms with Gasteiger partial charge in [-0.25, -0.2) is 9.97 Å². The molecule has 18 heavy (non-hydrogen) atoms. The van der Waals surface area contributed by atoms with Gasteiger partial charge < -0.3 is 5.21 Å². The largest absolute Gasteiger partial charge is 0.411 e. The van der Waals surface area contributed by atoms with Crippen LogP contribution in [-0.4, -0.2) is 26.4 Å². The van der Waals surface area contributed by atoms with Crippen molar-refractivity contribution in [3.63, 3.8) is 0 Å². The number of aryl methyl sites for hydroxylation is 2. The average molecular weight is 265 g/mol. The van der Waals surface area contributed by atoms with Crippen LogP contribution >= 0.6 is 12.4 Å². The first-order valence-electron chi connectivity index (χ1n) is 5.26. The van der Waals surface area contributed by atoms with E-state index in [0.717, 1.165) is 18.4 Å². The lowest BCUT2D eigenvalue weighted by atomic mass is 10.1. The van der Waals surface area contributed by atoms with Gasteiger partial charge in [0.15, 0.2) is 5.82 Å². The van der Waals surface area contributed by atoms with E-state index in [1.165, 1.54) is 11.8 Å².